The molecule has 0 saturated carbocycles. The molecule has 0 fully saturated rings. The molecular weight excluding hydrogens is 369 g/mol. The van der Waals surface area contributed by atoms with Gasteiger partial charge in [0.1, 0.15) is 0 Å². The molecule has 2 N–H and O–H groups in total. The predicted octanol–water partition coefficient (Wildman–Crippen LogP) is 4.58. The van der Waals surface area contributed by atoms with Gasteiger partial charge in [0.2, 0.25) is 0 Å². The number of rotatable bonds is 2. The van der Waals surface area contributed by atoms with Crippen LogP contribution in [0.1, 0.15) is 26.2 Å². The molecule has 0 unspecified atom stereocenters. The van der Waals surface area contributed by atoms with Crippen molar-refractivity contribution in [3.63, 3.8) is 0 Å². The summed E-state index contributed by atoms with van der Waals surface area (Å²) in [6, 6.07) is 0. The molecule has 0 atom stereocenters. The zero-order valence-electron chi connectivity index (χ0n) is 12.2. The fourth-order valence-electron chi connectivity index (χ4n) is 0.250. The maximum absolute atomic E-state index is 3.68. The molecule has 0 aromatic carbocycles. The van der Waals surface area contributed by atoms with Gasteiger partial charge >= 0.3 is 22.4 Å². The minimum absolute atomic E-state index is 0. The van der Waals surface area contributed by atoms with E-state index in [1.807, 2.05) is 0 Å². The average Bonchev–Trinajstić information content (AvgIpc) is 2.09. The molecule has 0 aliphatic rings. The van der Waals surface area contributed by atoms with Gasteiger partial charge in [-0.05, 0) is 0 Å². The van der Waals surface area contributed by atoms with Gasteiger partial charge in [0.05, 0.1) is 0 Å². The molecule has 0 radical (unpaired) electrons. The third-order valence-electron chi connectivity index (χ3n) is 0.604. The summed E-state index contributed by atoms with van der Waals surface area (Å²) in [4.78, 5) is 0. The van der Waals surface area contributed by atoms with Crippen LogP contribution in [0.5, 0.6) is 0 Å². The Morgan fingerprint density at radius 2 is 1.00 bits per heavy atom. The average molecular weight is 400 g/mol. The fourth-order valence-corrected chi connectivity index (χ4v) is 0.250. The first-order valence-corrected chi connectivity index (χ1v) is 4.89. The van der Waals surface area contributed by atoms with Gasteiger partial charge < -0.3 is 29.0 Å². The Labute approximate surface area is 120 Å². The molecule has 0 saturated heterocycles. The molecule has 4 nitrogen and oxygen atoms in total. The predicted molar refractivity (Wildman–Crippen MR) is 75.8 cm³/mol. The van der Waals surface area contributed by atoms with Crippen molar-refractivity contribution in [2.45, 2.75) is 26.2 Å². The normalized spacial score (nSPS) is 6.00. The van der Waals surface area contributed by atoms with E-state index in [4.69, 9.17) is 0 Å². The van der Waals surface area contributed by atoms with Crippen molar-refractivity contribution in [1.29, 1.82) is 0 Å². The zero-order valence-corrected chi connectivity index (χ0v) is 15.4. The Bertz CT molecular complexity index is 42.2. The first-order valence-electron chi connectivity index (χ1n) is 4.89. The third-order valence-corrected chi connectivity index (χ3v) is 0.604. The molecule has 5 heteroatoms. The monoisotopic (exact) mass is 400 g/mol. The molecule has 100 valence electrons. The smallest absolute Gasteiger partial charge is 0.693 e. The van der Waals surface area contributed by atoms with E-state index in [1.54, 1.807) is 42.3 Å². The minimum Gasteiger partial charge on any atom is -0.693 e. The summed E-state index contributed by atoms with van der Waals surface area (Å²) in [5.74, 6) is 0. The summed E-state index contributed by atoms with van der Waals surface area (Å²) in [7, 11) is 10.5. The van der Waals surface area contributed by atoms with E-state index in [2.05, 4.69) is 29.8 Å². The van der Waals surface area contributed by atoms with Crippen LogP contribution in [0.15, 0.2) is 0 Å². The van der Waals surface area contributed by atoms with E-state index >= 15 is 0 Å². The number of nitrogens with zero attached hydrogens (tertiary/aromatic N) is 3. The number of hydrogen-bond acceptors (Lipinski definition) is 0. The number of hydrogen-bond donors (Lipinski definition) is 0. The van der Waals surface area contributed by atoms with Gasteiger partial charge in [0.15, 0.2) is 0 Å². The molecule has 0 aliphatic carbocycles. The molecule has 0 amide bonds. The summed E-state index contributed by atoms with van der Waals surface area (Å²) in [6.07, 6.45) is 3.65. The van der Waals surface area contributed by atoms with Gasteiger partial charge in [-0.15, -0.1) is 0 Å². The topological polar surface area (TPSA) is 75.8 Å². The van der Waals surface area contributed by atoms with Crippen molar-refractivity contribution in [3.05, 3.63) is 29.0 Å². The minimum atomic E-state index is 0. The standard InChI is InChI=1S/C5H11.3C2H6N.H2N.Ta/c1-3-5-4-2;3*1-3-2;;/h1,3-5H2,2H3;3*1-2H3;1H2;/q5*-1;+5. The second-order valence-electron chi connectivity index (χ2n) is 2.55. The molecule has 16 heavy (non-hydrogen) atoms. The van der Waals surface area contributed by atoms with E-state index in [-0.39, 0.29) is 28.5 Å². The van der Waals surface area contributed by atoms with Gasteiger partial charge in [-0.25, -0.2) is 0 Å². The Balaban J connectivity index is -0.0000000206. The van der Waals surface area contributed by atoms with E-state index in [0.717, 1.165) is 6.42 Å². The first-order chi connectivity index (χ1) is 6.66. The molecular formula is C11H31N4Ta. The molecule has 0 aromatic rings. The van der Waals surface area contributed by atoms with Gasteiger partial charge in [-0.1, -0.05) is 19.8 Å². The van der Waals surface area contributed by atoms with Crippen LogP contribution >= 0.6 is 0 Å². The fraction of sp³-hybridized carbons (Fsp3) is 0.909. The van der Waals surface area contributed by atoms with Crippen LogP contribution in [0, 0.1) is 6.92 Å². The first kappa shape index (κ1) is 36.0. The number of unbranched alkanes of at least 4 members (excludes halogenated alkanes) is 2. The van der Waals surface area contributed by atoms with Crippen LogP contribution in [-0.4, -0.2) is 42.3 Å². The van der Waals surface area contributed by atoms with Crippen LogP contribution in [0.2, 0.25) is 0 Å². The summed E-state index contributed by atoms with van der Waals surface area (Å²) in [5.41, 5.74) is 0. The van der Waals surface area contributed by atoms with Crippen molar-refractivity contribution in [2.75, 3.05) is 42.3 Å². The number of nitrogens with two attached hydrogens (primary N) is 1. The Morgan fingerprint density at radius 3 is 1.00 bits per heavy atom. The Hall–Kier alpha value is 0.580. The molecule has 0 heterocycles. The van der Waals surface area contributed by atoms with E-state index in [1.165, 1.54) is 12.8 Å². The molecule has 0 bridgehead atoms. The van der Waals surface area contributed by atoms with Gasteiger partial charge in [0.25, 0.3) is 0 Å². The largest absolute Gasteiger partial charge is 5.00 e. The van der Waals surface area contributed by atoms with Crippen molar-refractivity contribution in [3.8, 4) is 0 Å². The van der Waals surface area contributed by atoms with Gasteiger partial charge in [0, 0.05) is 0 Å². The van der Waals surface area contributed by atoms with Crippen LogP contribution < -0.4 is 0 Å². The summed E-state index contributed by atoms with van der Waals surface area (Å²) in [6.45, 7) is 5.85. The molecule has 0 aliphatic heterocycles. The summed E-state index contributed by atoms with van der Waals surface area (Å²) >= 11 is 0. The molecule has 0 rings (SSSR count). The van der Waals surface area contributed by atoms with Crippen LogP contribution in [-0.2, 0) is 22.4 Å². The molecule has 0 aromatic heterocycles. The van der Waals surface area contributed by atoms with Crippen molar-refractivity contribution >= 4 is 0 Å². The zero-order chi connectivity index (χ0) is 12.2. The Kier molecular flexibility index (Phi) is 172. The summed E-state index contributed by atoms with van der Waals surface area (Å²) < 4.78 is 0. The maximum Gasteiger partial charge on any atom is 5.00 e. The summed E-state index contributed by atoms with van der Waals surface area (Å²) in [5, 5.41) is 10.5. The van der Waals surface area contributed by atoms with Crippen molar-refractivity contribution < 1.29 is 22.4 Å². The van der Waals surface area contributed by atoms with Crippen LogP contribution in [0.4, 0.5) is 0 Å². The second kappa shape index (κ2) is 76.5. The molecule has 0 spiro atoms. The van der Waals surface area contributed by atoms with Crippen molar-refractivity contribution in [1.82, 2.24) is 0 Å². The van der Waals surface area contributed by atoms with E-state index in [0.29, 0.717) is 0 Å². The van der Waals surface area contributed by atoms with Gasteiger partial charge in [-0.2, -0.15) is 48.7 Å². The third kappa shape index (κ3) is 404. The SMILES string of the molecule is C[N-]C.C[N-]C.C[N-]C.[CH2-]CCCC.[NH2-].[Ta+5]. The van der Waals surface area contributed by atoms with Crippen LogP contribution in [0.25, 0.3) is 22.1 Å². The maximum atomic E-state index is 3.68. The second-order valence-corrected chi connectivity index (χ2v) is 2.55. The van der Waals surface area contributed by atoms with E-state index in [9.17, 15) is 0 Å². The quantitative estimate of drug-likeness (QED) is 0.609. The van der Waals surface area contributed by atoms with Crippen molar-refractivity contribution in [2.24, 2.45) is 0 Å². The van der Waals surface area contributed by atoms with Gasteiger partial charge in [-0.3, -0.25) is 0 Å². The van der Waals surface area contributed by atoms with E-state index < -0.39 is 0 Å². The van der Waals surface area contributed by atoms with Crippen LogP contribution in [0.3, 0.4) is 0 Å². The Morgan fingerprint density at radius 1 is 0.812 bits per heavy atom.